The van der Waals surface area contributed by atoms with Crippen LogP contribution in [0.3, 0.4) is 0 Å². The fraction of sp³-hybridized carbons (Fsp3) is 0.143. The number of methoxy groups -OCH3 is 1. The van der Waals surface area contributed by atoms with Crippen LogP contribution in [0.2, 0.25) is 0 Å². The second kappa shape index (κ2) is 2.84. The van der Waals surface area contributed by atoms with E-state index in [0.29, 0.717) is 0 Å². The van der Waals surface area contributed by atoms with Crippen molar-refractivity contribution in [3.05, 3.63) is 24.3 Å². The van der Waals surface area contributed by atoms with Crippen molar-refractivity contribution in [2.24, 2.45) is 0 Å². The maximum Gasteiger partial charge on any atom is 0.125 e. The van der Waals surface area contributed by atoms with E-state index in [9.17, 15) is 0 Å². The van der Waals surface area contributed by atoms with Crippen molar-refractivity contribution < 1.29 is 4.74 Å². The van der Waals surface area contributed by atoms with E-state index in [-0.39, 0.29) is 0 Å². The predicted octanol–water partition coefficient (Wildman–Crippen LogP) is 1.20. The molecule has 0 aromatic heterocycles. The van der Waals surface area contributed by atoms with Gasteiger partial charge in [0.05, 0.1) is 7.11 Å². The third-order valence-electron chi connectivity index (χ3n) is 1.14. The summed E-state index contributed by atoms with van der Waals surface area (Å²) in [5.41, 5.74) is 0. The van der Waals surface area contributed by atoms with Crippen LogP contribution in [0, 0.1) is 0 Å². The quantitative estimate of drug-likeness (QED) is 0.532. The summed E-state index contributed by atoms with van der Waals surface area (Å²) in [7, 11) is 4.28. The van der Waals surface area contributed by atoms with Gasteiger partial charge in [-0.05, 0) is 6.07 Å². The molecule has 0 saturated heterocycles. The second-order valence-corrected chi connectivity index (χ2v) is 2.36. The molecule has 0 N–H and O–H groups in total. The molecule has 0 heterocycles. The highest BCUT2D eigenvalue weighted by molar-refractivity contribution is 7.27. The van der Waals surface area contributed by atoms with Gasteiger partial charge in [0, 0.05) is 5.30 Å². The lowest BCUT2D eigenvalue weighted by Gasteiger charge is -2.00. The first-order valence-corrected chi connectivity index (χ1v) is 3.31. The molecule has 1 aromatic carbocycles. The topological polar surface area (TPSA) is 9.23 Å². The van der Waals surface area contributed by atoms with E-state index in [0.717, 1.165) is 11.1 Å². The van der Waals surface area contributed by atoms with Crippen molar-refractivity contribution in [3.63, 3.8) is 0 Å². The van der Waals surface area contributed by atoms with Gasteiger partial charge < -0.3 is 4.74 Å². The summed E-state index contributed by atoms with van der Waals surface area (Å²) in [5.74, 6) is 0.919. The molecule has 0 saturated carbocycles. The van der Waals surface area contributed by atoms with Crippen LogP contribution in [0.4, 0.5) is 0 Å². The van der Waals surface area contributed by atoms with E-state index in [4.69, 9.17) is 4.74 Å². The Balaban J connectivity index is 3.01. The molecule has 2 heteroatoms. The zero-order chi connectivity index (χ0) is 6.69. The molecule has 1 rings (SSSR count). The molecule has 0 aliphatic rings. The van der Waals surface area contributed by atoms with E-state index in [1.54, 1.807) is 7.11 Å². The van der Waals surface area contributed by atoms with Crippen LogP contribution >= 0.6 is 9.24 Å². The van der Waals surface area contributed by atoms with Gasteiger partial charge in [-0.3, -0.25) is 0 Å². The predicted molar refractivity (Wildman–Crippen MR) is 42.3 cm³/mol. The van der Waals surface area contributed by atoms with Crippen LogP contribution < -0.4 is 10.0 Å². The molecule has 48 valence electrons. The SMILES string of the molecule is COc1ccccc1P. The molecule has 1 atom stereocenters. The Bertz CT molecular complexity index is 198. The van der Waals surface area contributed by atoms with Crippen LogP contribution in [0.5, 0.6) is 5.75 Å². The minimum absolute atomic E-state index is 0.919. The maximum absolute atomic E-state index is 5.02. The lowest BCUT2D eigenvalue weighted by molar-refractivity contribution is 0.418. The Labute approximate surface area is 57.2 Å². The monoisotopic (exact) mass is 140 g/mol. The van der Waals surface area contributed by atoms with E-state index in [2.05, 4.69) is 9.24 Å². The summed E-state index contributed by atoms with van der Waals surface area (Å²) < 4.78 is 5.02. The molecule has 0 aliphatic carbocycles. The molecule has 0 radical (unpaired) electrons. The molecule has 0 aliphatic heterocycles. The van der Waals surface area contributed by atoms with Gasteiger partial charge in [0.1, 0.15) is 5.75 Å². The molecule has 0 bridgehead atoms. The molecular weight excluding hydrogens is 131 g/mol. The average Bonchev–Trinajstić information content (AvgIpc) is 1.89. The summed E-state index contributed by atoms with van der Waals surface area (Å²) in [6.07, 6.45) is 0. The third-order valence-corrected chi connectivity index (χ3v) is 1.62. The molecule has 1 aromatic rings. The molecule has 9 heavy (non-hydrogen) atoms. The molecule has 0 fully saturated rings. The molecule has 0 spiro atoms. The van der Waals surface area contributed by atoms with E-state index >= 15 is 0 Å². The van der Waals surface area contributed by atoms with Gasteiger partial charge in [-0.2, -0.15) is 0 Å². The van der Waals surface area contributed by atoms with Crippen molar-refractivity contribution >= 4 is 14.5 Å². The average molecular weight is 140 g/mol. The number of rotatable bonds is 1. The lowest BCUT2D eigenvalue weighted by Crippen LogP contribution is -1.95. The van der Waals surface area contributed by atoms with Gasteiger partial charge in [-0.1, -0.05) is 18.2 Å². The molecule has 0 amide bonds. The first-order chi connectivity index (χ1) is 4.34. The van der Waals surface area contributed by atoms with Crippen molar-refractivity contribution in [3.8, 4) is 5.75 Å². The Kier molecular flexibility index (Phi) is 2.07. The van der Waals surface area contributed by atoms with Crippen LogP contribution in [0.25, 0.3) is 0 Å². The van der Waals surface area contributed by atoms with Gasteiger partial charge in [0.25, 0.3) is 0 Å². The van der Waals surface area contributed by atoms with E-state index in [1.165, 1.54) is 0 Å². The van der Waals surface area contributed by atoms with Crippen molar-refractivity contribution in [2.75, 3.05) is 7.11 Å². The van der Waals surface area contributed by atoms with Crippen LogP contribution in [-0.4, -0.2) is 7.11 Å². The number of ether oxygens (including phenoxy) is 1. The van der Waals surface area contributed by atoms with E-state index < -0.39 is 0 Å². The van der Waals surface area contributed by atoms with Gasteiger partial charge >= 0.3 is 0 Å². The highest BCUT2D eigenvalue weighted by Crippen LogP contribution is 2.07. The Morgan fingerprint density at radius 1 is 1.33 bits per heavy atom. The standard InChI is InChI=1S/C7H9OP/c1-8-6-4-2-3-5-7(6)9/h2-5H,9H2,1H3. The summed E-state index contributed by atoms with van der Waals surface area (Å²) in [5, 5.41) is 1.10. The van der Waals surface area contributed by atoms with Crippen LogP contribution in [0.15, 0.2) is 24.3 Å². The highest BCUT2D eigenvalue weighted by atomic mass is 31.0. The third kappa shape index (κ3) is 1.43. The first-order valence-electron chi connectivity index (χ1n) is 2.73. The van der Waals surface area contributed by atoms with Gasteiger partial charge in [0.2, 0.25) is 0 Å². The first kappa shape index (κ1) is 6.57. The fourth-order valence-corrected chi connectivity index (χ4v) is 0.992. The van der Waals surface area contributed by atoms with Gasteiger partial charge in [-0.15, -0.1) is 9.24 Å². The summed E-state index contributed by atoms with van der Waals surface area (Å²) >= 11 is 0. The minimum atomic E-state index is 0.919. The van der Waals surface area contributed by atoms with Crippen LogP contribution in [0.1, 0.15) is 0 Å². The number of hydrogen-bond acceptors (Lipinski definition) is 1. The highest BCUT2D eigenvalue weighted by Gasteiger charge is 1.91. The van der Waals surface area contributed by atoms with Crippen molar-refractivity contribution in [1.82, 2.24) is 0 Å². The zero-order valence-corrected chi connectivity index (χ0v) is 6.45. The normalized spacial score (nSPS) is 9.11. The number of hydrogen-bond donors (Lipinski definition) is 0. The lowest BCUT2D eigenvalue weighted by atomic mass is 10.3. The minimum Gasteiger partial charge on any atom is -0.496 e. The molecule has 1 unspecified atom stereocenters. The number of benzene rings is 1. The number of para-hydroxylation sites is 1. The van der Waals surface area contributed by atoms with Crippen LogP contribution in [-0.2, 0) is 0 Å². The van der Waals surface area contributed by atoms with Crippen molar-refractivity contribution in [2.45, 2.75) is 0 Å². The smallest absolute Gasteiger partial charge is 0.125 e. The Hall–Kier alpha value is -0.550. The summed E-state index contributed by atoms with van der Waals surface area (Å²) in [6.45, 7) is 0. The van der Waals surface area contributed by atoms with E-state index in [1.807, 2.05) is 24.3 Å². The zero-order valence-electron chi connectivity index (χ0n) is 5.29. The second-order valence-electron chi connectivity index (χ2n) is 1.74. The molecular formula is C7H9OP. The van der Waals surface area contributed by atoms with Crippen molar-refractivity contribution in [1.29, 1.82) is 0 Å². The maximum atomic E-state index is 5.02. The molecule has 1 nitrogen and oxygen atoms in total. The fourth-order valence-electron chi connectivity index (χ4n) is 0.666. The summed E-state index contributed by atoms with van der Waals surface area (Å²) in [4.78, 5) is 0. The summed E-state index contributed by atoms with van der Waals surface area (Å²) in [6, 6.07) is 7.85. The van der Waals surface area contributed by atoms with Gasteiger partial charge in [0.15, 0.2) is 0 Å². The largest absolute Gasteiger partial charge is 0.496 e. The van der Waals surface area contributed by atoms with Gasteiger partial charge in [-0.25, -0.2) is 0 Å². The Morgan fingerprint density at radius 2 is 2.00 bits per heavy atom. The Morgan fingerprint density at radius 3 is 2.44 bits per heavy atom.